The third-order valence-corrected chi connectivity index (χ3v) is 3.32. The summed E-state index contributed by atoms with van der Waals surface area (Å²) in [4.78, 5) is 16.5. The Balaban J connectivity index is 2.28. The summed E-state index contributed by atoms with van der Waals surface area (Å²) in [5.41, 5.74) is 0.530. The van der Waals surface area contributed by atoms with Crippen molar-refractivity contribution in [1.29, 1.82) is 0 Å². The molecule has 0 radical (unpaired) electrons. The summed E-state index contributed by atoms with van der Waals surface area (Å²) in [6.07, 6.45) is 5.23. The summed E-state index contributed by atoms with van der Waals surface area (Å²) in [6.45, 7) is 3.86. The third-order valence-electron chi connectivity index (χ3n) is 3.03. The van der Waals surface area contributed by atoms with Gasteiger partial charge in [-0.05, 0) is 44.2 Å². The standard InChI is InChI=1S/C15H13ClN2O2/c1-15(2)9-11(13-12(20-15)6-3-7-17-13)18-8-4-5-10(16)14(18)19/h3-9H,1-2H3. The quantitative estimate of drug-likeness (QED) is 0.810. The minimum absolute atomic E-state index is 0.176. The van der Waals surface area contributed by atoms with Crippen LogP contribution in [0.3, 0.4) is 0 Å². The van der Waals surface area contributed by atoms with Gasteiger partial charge in [-0.25, -0.2) is 0 Å². The first-order chi connectivity index (χ1) is 9.48. The molecule has 0 aromatic carbocycles. The molecule has 1 aliphatic heterocycles. The molecule has 5 heteroatoms. The first-order valence-corrected chi connectivity index (χ1v) is 6.60. The van der Waals surface area contributed by atoms with Crippen molar-refractivity contribution < 1.29 is 4.74 Å². The van der Waals surface area contributed by atoms with Crippen LogP contribution in [-0.4, -0.2) is 15.2 Å². The second kappa shape index (κ2) is 4.49. The third kappa shape index (κ3) is 2.12. The van der Waals surface area contributed by atoms with Gasteiger partial charge >= 0.3 is 0 Å². The van der Waals surface area contributed by atoms with Gasteiger partial charge in [0.2, 0.25) is 0 Å². The molecule has 2 aromatic heterocycles. The zero-order chi connectivity index (χ0) is 14.3. The number of fused-ring (bicyclic) bond motifs is 1. The van der Waals surface area contributed by atoms with Crippen LogP contribution in [0.2, 0.25) is 5.02 Å². The lowest BCUT2D eigenvalue weighted by Gasteiger charge is -2.30. The highest BCUT2D eigenvalue weighted by molar-refractivity contribution is 6.30. The van der Waals surface area contributed by atoms with Crippen LogP contribution >= 0.6 is 11.6 Å². The Morgan fingerprint density at radius 1 is 1.30 bits per heavy atom. The Hall–Kier alpha value is -2.07. The summed E-state index contributed by atoms with van der Waals surface area (Å²) >= 11 is 5.92. The smallest absolute Gasteiger partial charge is 0.273 e. The average Bonchev–Trinajstić information content (AvgIpc) is 2.40. The summed E-state index contributed by atoms with van der Waals surface area (Å²) in [7, 11) is 0. The van der Waals surface area contributed by atoms with Crippen LogP contribution in [0.5, 0.6) is 5.75 Å². The van der Waals surface area contributed by atoms with Gasteiger partial charge < -0.3 is 4.74 Å². The van der Waals surface area contributed by atoms with Crippen molar-refractivity contribution in [3.8, 4) is 5.75 Å². The van der Waals surface area contributed by atoms with Gasteiger partial charge in [0.05, 0.1) is 5.70 Å². The fourth-order valence-electron chi connectivity index (χ4n) is 2.22. The highest BCUT2D eigenvalue weighted by Crippen LogP contribution is 2.34. The van der Waals surface area contributed by atoms with Crippen LogP contribution in [0.4, 0.5) is 0 Å². The Bertz CT molecular complexity index is 762. The molecule has 0 unspecified atom stereocenters. The first kappa shape index (κ1) is 12.9. The molecule has 4 nitrogen and oxygen atoms in total. The molecule has 0 atom stereocenters. The van der Waals surface area contributed by atoms with E-state index in [4.69, 9.17) is 16.3 Å². The van der Waals surface area contributed by atoms with E-state index < -0.39 is 5.60 Å². The second-order valence-electron chi connectivity index (χ2n) is 5.12. The summed E-state index contributed by atoms with van der Waals surface area (Å²) < 4.78 is 7.35. The Morgan fingerprint density at radius 2 is 2.10 bits per heavy atom. The summed E-state index contributed by atoms with van der Waals surface area (Å²) in [5.74, 6) is 0.655. The van der Waals surface area contributed by atoms with Crippen molar-refractivity contribution >= 4 is 17.3 Å². The summed E-state index contributed by atoms with van der Waals surface area (Å²) in [5, 5.41) is 0.176. The van der Waals surface area contributed by atoms with Crippen LogP contribution in [0.25, 0.3) is 5.70 Å². The largest absolute Gasteiger partial charge is 0.481 e. The van der Waals surface area contributed by atoms with E-state index in [0.29, 0.717) is 17.1 Å². The fourth-order valence-corrected chi connectivity index (χ4v) is 2.38. The van der Waals surface area contributed by atoms with Crippen LogP contribution in [0, 0.1) is 0 Å². The maximum Gasteiger partial charge on any atom is 0.273 e. The van der Waals surface area contributed by atoms with Gasteiger partial charge in [0.1, 0.15) is 22.1 Å². The molecular formula is C15H13ClN2O2. The molecule has 0 aliphatic carbocycles. The zero-order valence-electron chi connectivity index (χ0n) is 11.1. The number of halogens is 1. The van der Waals surface area contributed by atoms with E-state index in [1.165, 1.54) is 4.57 Å². The molecule has 3 heterocycles. The van der Waals surface area contributed by atoms with Crippen LogP contribution in [-0.2, 0) is 0 Å². The van der Waals surface area contributed by atoms with Crippen LogP contribution in [0.1, 0.15) is 19.5 Å². The molecule has 0 bridgehead atoms. The number of nitrogens with zero attached hydrogens (tertiary/aromatic N) is 2. The van der Waals surface area contributed by atoms with Crippen LogP contribution in [0.15, 0.2) is 47.5 Å². The van der Waals surface area contributed by atoms with Gasteiger partial charge in [0.25, 0.3) is 5.56 Å². The molecule has 102 valence electrons. The van der Waals surface area contributed by atoms with E-state index in [-0.39, 0.29) is 10.6 Å². The maximum absolute atomic E-state index is 12.2. The number of hydrogen-bond acceptors (Lipinski definition) is 3. The highest BCUT2D eigenvalue weighted by atomic mass is 35.5. The monoisotopic (exact) mass is 288 g/mol. The lowest BCUT2D eigenvalue weighted by molar-refractivity contribution is 0.156. The molecule has 3 rings (SSSR count). The van der Waals surface area contributed by atoms with E-state index in [9.17, 15) is 4.79 Å². The minimum atomic E-state index is -0.521. The molecule has 2 aromatic rings. The highest BCUT2D eigenvalue weighted by Gasteiger charge is 2.28. The van der Waals surface area contributed by atoms with Crippen molar-refractivity contribution in [2.45, 2.75) is 19.4 Å². The van der Waals surface area contributed by atoms with E-state index in [1.807, 2.05) is 26.0 Å². The maximum atomic E-state index is 12.2. The molecule has 0 saturated carbocycles. The number of ether oxygens (including phenoxy) is 1. The molecule has 0 fully saturated rings. The minimum Gasteiger partial charge on any atom is -0.481 e. The lowest BCUT2D eigenvalue weighted by Crippen LogP contribution is -2.32. The Morgan fingerprint density at radius 3 is 2.90 bits per heavy atom. The predicted octanol–water partition coefficient (Wildman–Crippen LogP) is 2.96. The van der Waals surface area contributed by atoms with Crippen molar-refractivity contribution in [3.63, 3.8) is 0 Å². The topological polar surface area (TPSA) is 44.1 Å². The number of rotatable bonds is 1. The first-order valence-electron chi connectivity index (χ1n) is 6.23. The van der Waals surface area contributed by atoms with Crippen LogP contribution < -0.4 is 10.3 Å². The average molecular weight is 289 g/mol. The molecule has 0 N–H and O–H groups in total. The number of aromatic nitrogens is 2. The number of pyridine rings is 2. The van der Waals surface area contributed by atoms with Gasteiger partial charge in [0.15, 0.2) is 0 Å². The SMILES string of the molecule is CC1(C)C=C(n2cccc(Cl)c2=O)c2ncccc2O1. The fraction of sp³-hybridized carbons (Fsp3) is 0.200. The summed E-state index contributed by atoms with van der Waals surface area (Å²) in [6, 6.07) is 6.95. The molecular weight excluding hydrogens is 276 g/mol. The van der Waals surface area contributed by atoms with Crippen molar-refractivity contribution in [3.05, 3.63) is 63.8 Å². The van der Waals surface area contributed by atoms with E-state index >= 15 is 0 Å². The van der Waals surface area contributed by atoms with E-state index in [2.05, 4.69) is 4.98 Å². The van der Waals surface area contributed by atoms with Crippen molar-refractivity contribution in [1.82, 2.24) is 9.55 Å². The van der Waals surface area contributed by atoms with Crippen molar-refractivity contribution in [2.24, 2.45) is 0 Å². The molecule has 20 heavy (non-hydrogen) atoms. The lowest BCUT2D eigenvalue weighted by atomic mass is 10.0. The molecule has 0 amide bonds. The van der Waals surface area contributed by atoms with E-state index in [1.54, 1.807) is 30.6 Å². The molecule has 1 aliphatic rings. The molecule has 0 spiro atoms. The zero-order valence-corrected chi connectivity index (χ0v) is 11.9. The second-order valence-corrected chi connectivity index (χ2v) is 5.52. The number of hydrogen-bond donors (Lipinski definition) is 0. The van der Waals surface area contributed by atoms with Gasteiger partial charge in [-0.2, -0.15) is 0 Å². The Labute approximate surface area is 121 Å². The van der Waals surface area contributed by atoms with Gasteiger partial charge in [-0.15, -0.1) is 0 Å². The predicted molar refractivity (Wildman–Crippen MR) is 78.0 cm³/mol. The van der Waals surface area contributed by atoms with Gasteiger partial charge in [-0.3, -0.25) is 14.3 Å². The van der Waals surface area contributed by atoms with Gasteiger partial charge in [0, 0.05) is 12.4 Å². The van der Waals surface area contributed by atoms with Crippen molar-refractivity contribution in [2.75, 3.05) is 0 Å². The van der Waals surface area contributed by atoms with Gasteiger partial charge in [-0.1, -0.05) is 11.6 Å². The van der Waals surface area contributed by atoms with E-state index in [0.717, 1.165) is 0 Å². The Kier molecular flexibility index (Phi) is 2.91. The normalized spacial score (nSPS) is 16.1. The molecule has 0 saturated heterocycles.